The fraction of sp³-hybridized carbons (Fsp3) is 0.300. The van der Waals surface area contributed by atoms with Crippen LogP contribution in [0.3, 0.4) is 0 Å². The highest BCUT2D eigenvalue weighted by Gasteiger charge is 2.17. The molecule has 0 spiro atoms. The molecule has 138 valence electrons. The van der Waals surface area contributed by atoms with Gasteiger partial charge in [0.05, 0.1) is 19.3 Å². The minimum absolute atomic E-state index is 0.302. The van der Waals surface area contributed by atoms with Gasteiger partial charge in [-0.1, -0.05) is 12.1 Å². The molecule has 0 aromatic heterocycles. The highest BCUT2D eigenvalue weighted by Crippen LogP contribution is 2.18. The van der Waals surface area contributed by atoms with Gasteiger partial charge in [0.1, 0.15) is 11.5 Å². The molecule has 6 nitrogen and oxygen atoms in total. The molecule has 2 N–H and O–H groups in total. The van der Waals surface area contributed by atoms with E-state index in [1.807, 2.05) is 45.0 Å². The number of hydrogen-bond donors (Lipinski definition) is 2. The monoisotopic (exact) mass is 356 g/mol. The van der Waals surface area contributed by atoms with Crippen LogP contribution in [0, 0.1) is 0 Å². The lowest BCUT2D eigenvalue weighted by Crippen LogP contribution is -2.36. The molecule has 1 atom stereocenters. The van der Waals surface area contributed by atoms with Crippen molar-refractivity contribution in [2.75, 3.05) is 18.5 Å². The van der Waals surface area contributed by atoms with Gasteiger partial charge in [-0.2, -0.15) is 0 Å². The van der Waals surface area contributed by atoms with Crippen LogP contribution in [0.1, 0.15) is 32.4 Å². The van der Waals surface area contributed by atoms with Gasteiger partial charge < -0.3 is 20.1 Å². The number of nitrogens with one attached hydrogen (secondary N) is 2. The quantitative estimate of drug-likeness (QED) is 0.746. The minimum Gasteiger partial charge on any atom is -0.494 e. The van der Waals surface area contributed by atoms with E-state index in [-0.39, 0.29) is 6.04 Å². The maximum absolute atomic E-state index is 12.1. The first-order chi connectivity index (χ1) is 12.5. The summed E-state index contributed by atoms with van der Waals surface area (Å²) in [7, 11) is 0. The second-order valence-corrected chi connectivity index (χ2v) is 5.61. The largest absolute Gasteiger partial charge is 0.494 e. The predicted octanol–water partition coefficient (Wildman–Crippen LogP) is 3.30. The molecule has 6 heteroatoms. The molecule has 0 aliphatic rings. The molecule has 0 bridgehead atoms. The van der Waals surface area contributed by atoms with Crippen molar-refractivity contribution in [1.29, 1.82) is 0 Å². The first kappa shape index (κ1) is 19.3. The van der Waals surface area contributed by atoms with E-state index in [2.05, 4.69) is 10.6 Å². The van der Waals surface area contributed by atoms with E-state index in [1.165, 1.54) is 0 Å². The minimum atomic E-state index is -0.716. The van der Waals surface area contributed by atoms with E-state index in [4.69, 9.17) is 9.47 Å². The Bertz CT molecular complexity index is 726. The number of anilines is 1. The molecule has 2 rings (SSSR count). The lowest BCUT2D eigenvalue weighted by atomic mass is 10.1. The Morgan fingerprint density at radius 3 is 1.85 bits per heavy atom. The van der Waals surface area contributed by atoms with Crippen molar-refractivity contribution >= 4 is 17.5 Å². The Kier molecular flexibility index (Phi) is 7.02. The van der Waals surface area contributed by atoms with Crippen LogP contribution in [0.4, 0.5) is 5.69 Å². The molecule has 2 aromatic carbocycles. The second kappa shape index (κ2) is 9.46. The standard InChI is InChI=1S/C20H24N2O4/c1-4-25-17-10-6-15(7-11-17)14(3)21-19(23)20(24)22-16-8-12-18(13-9-16)26-5-2/h6-14H,4-5H2,1-3H3,(H,21,23)(H,22,24). The number of rotatable bonds is 7. The molecule has 1 unspecified atom stereocenters. The van der Waals surface area contributed by atoms with Crippen molar-refractivity contribution in [1.82, 2.24) is 5.32 Å². The van der Waals surface area contributed by atoms with Gasteiger partial charge in [0, 0.05) is 5.69 Å². The zero-order valence-corrected chi connectivity index (χ0v) is 15.2. The van der Waals surface area contributed by atoms with Crippen molar-refractivity contribution < 1.29 is 19.1 Å². The fourth-order valence-corrected chi connectivity index (χ4v) is 2.35. The number of benzene rings is 2. The van der Waals surface area contributed by atoms with E-state index in [9.17, 15) is 9.59 Å². The number of carbonyl (C=O) groups is 2. The van der Waals surface area contributed by atoms with Crippen molar-refractivity contribution in [2.24, 2.45) is 0 Å². The highest BCUT2D eigenvalue weighted by atomic mass is 16.5. The van der Waals surface area contributed by atoms with Gasteiger partial charge >= 0.3 is 11.8 Å². The molecule has 0 aliphatic heterocycles. The summed E-state index contributed by atoms with van der Waals surface area (Å²) < 4.78 is 10.7. The number of amides is 2. The highest BCUT2D eigenvalue weighted by molar-refractivity contribution is 6.39. The van der Waals surface area contributed by atoms with E-state index in [0.29, 0.717) is 24.7 Å². The van der Waals surface area contributed by atoms with E-state index in [0.717, 1.165) is 11.3 Å². The van der Waals surface area contributed by atoms with E-state index >= 15 is 0 Å². The van der Waals surface area contributed by atoms with Gasteiger partial charge in [0.25, 0.3) is 0 Å². The zero-order valence-electron chi connectivity index (χ0n) is 15.2. The molecule has 26 heavy (non-hydrogen) atoms. The average Bonchev–Trinajstić information content (AvgIpc) is 2.64. The van der Waals surface area contributed by atoms with Gasteiger partial charge in [-0.3, -0.25) is 9.59 Å². The predicted molar refractivity (Wildman–Crippen MR) is 100 cm³/mol. The van der Waals surface area contributed by atoms with Crippen molar-refractivity contribution in [3.05, 3.63) is 54.1 Å². The lowest BCUT2D eigenvalue weighted by Gasteiger charge is -2.15. The fourth-order valence-electron chi connectivity index (χ4n) is 2.35. The Morgan fingerprint density at radius 1 is 0.846 bits per heavy atom. The molecular weight excluding hydrogens is 332 g/mol. The Labute approximate surface area is 153 Å². The summed E-state index contributed by atoms with van der Waals surface area (Å²) in [4.78, 5) is 24.2. The van der Waals surface area contributed by atoms with Crippen LogP contribution in [-0.4, -0.2) is 25.0 Å². The first-order valence-electron chi connectivity index (χ1n) is 8.61. The van der Waals surface area contributed by atoms with Gasteiger partial charge in [-0.15, -0.1) is 0 Å². The Hall–Kier alpha value is -3.02. The summed E-state index contributed by atoms with van der Waals surface area (Å²) >= 11 is 0. The molecule has 2 amide bonds. The van der Waals surface area contributed by atoms with Crippen LogP contribution in [0.15, 0.2) is 48.5 Å². The summed E-state index contributed by atoms with van der Waals surface area (Å²) in [6, 6.07) is 13.9. The Balaban J connectivity index is 1.90. The molecule has 0 aliphatic carbocycles. The van der Waals surface area contributed by atoms with Crippen molar-refractivity contribution in [3.8, 4) is 11.5 Å². The van der Waals surface area contributed by atoms with Crippen LogP contribution in [0.25, 0.3) is 0 Å². The van der Waals surface area contributed by atoms with Crippen LogP contribution in [0.2, 0.25) is 0 Å². The molecular formula is C20H24N2O4. The van der Waals surface area contributed by atoms with Crippen molar-refractivity contribution in [3.63, 3.8) is 0 Å². The third-order valence-corrected chi connectivity index (χ3v) is 3.67. The van der Waals surface area contributed by atoms with E-state index < -0.39 is 11.8 Å². The third kappa shape index (κ3) is 5.51. The molecule has 2 aromatic rings. The van der Waals surface area contributed by atoms with Crippen LogP contribution in [0.5, 0.6) is 11.5 Å². The first-order valence-corrected chi connectivity index (χ1v) is 8.61. The SMILES string of the molecule is CCOc1ccc(NC(=O)C(=O)NC(C)c2ccc(OCC)cc2)cc1. The number of ether oxygens (including phenoxy) is 2. The van der Waals surface area contributed by atoms with Gasteiger partial charge in [0.15, 0.2) is 0 Å². The maximum Gasteiger partial charge on any atom is 0.313 e. The summed E-state index contributed by atoms with van der Waals surface area (Å²) in [5.41, 5.74) is 1.41. The summed E-state index contributed by atoms with van der Waals surface area (Å²) in [5, 5.41) is 5.25. The molecule has 0 saturated carbocycles. The zero-order chi connectivity index (χ0) is 18.9. The van der Waals surface area contributed by atoms with Crippen LogP contribution < -0.4 is 20.1 Å². The topological polar surface area (TPSA) is 76.7 Å². The number of carbonyl (C=O) groups excluding carboxylic acids is 2. The summed E-state index contributed by atoms with van der Waals surface area (Å²) in [5.74, 6) is 0.0642. The summed E-state index contributed by atoms with van der Waals surface area (Å²) in [6.45, 7) is 6.79. The molecule has 0 radical (unpaired) electrons. The van der Waals surface area contributed by atoms with Gasteiger partial charge in [-0.25, -0.2) is 0 Å². The third-order valence-electron chi connectivity index (χ3n) is 3.67. The van der Waals surface area contributed by atoms with Crippen LogP contribution in [-0.2, 0) is 9.59 Å². The van der Waals surface area contributed by atoms with E-state index in [1.54, 1.807) is 24.3 Å². The maximum atomic E-state index is 12.1. The Morgan fingerprint density at radius 2 is 1.35 bits per heavy atom. The molecule has 0 heterocycles. The number of hydrogen-bond acceptors (Lipinski definition) is 4. The molecule has 0 fully saturated rings. The lowest BCUT2D eigenvalue weighted by molar-refractivity contribution is -0.136. The average molecular weight is 356 g/mol. The smallest absolute Gasteiger partial charge is 0.313 e. The van der Waals surface area contributed by atoms with Gasteiger partial charge in [-0.05, 0) is 62.7 Å². The second-order valence-electron chi connectivity index (χ2n) is 5.61. The van der Waals surface area contributed by atoms with Crippen LogP contribution >= 0.6 is 0 Å². The summed E-state index contributed by atoms with van der Waals surface area (Å²) in [6.07, 6.45) is 0. The molecule has 0 saturated heterocycles. The normalized spacial score (nSPS) is 11.3. The van der Waals surface area contributed by atoms with Gasteiger partial charge in [0.2, 0.25) is 0 Å². The van der Waals surface area contributed by atoms with Crippen molar-refractivity contribution in [2.45, 2.75) is 26.8 Å².